The summed E-state index contributed by atoms with van der Waals surface area (Å²) in [6.45, 7) is -0.329. The topological polar surface area (TPSA) is 111 Å². The van der Waals surface area contributed by atoms with Crippen LogP contribution in [-0.4, -0.2) is 64.9 Å². The van der Waals surface area contributed by atoms with Gasteiger partial charge in [-0.1, -0.05) is 0 Å². The van der Waals surface area contributed by atoms with Crippen LogP contribution in [0.1, 0.15) is 12.1 Å². The van der Waals surface area contributed by atoms with E-state index < -0.39 is 42.0 Å². The zero-order valence-corrected chi connectivity index (χ0v) is 15.3. The Hall–Kier alpha value is -3.31. The third-order valence-corrected chi connectivity index (χ3v) is 4.37. The number of fused-ring (bicyclic) bond motifs is 1. The molecule has 3 rings (SSSR count). The number of hydrogen-bond acceptors (Lipinski definition) is 7. The van der Waals surface area contributed by atoms with E-state index in [0.29, 0.717) is 5.75 Å². The molecule has 1 N–H and O–H groups in total. The van der Waals surface area contributed by atoms with Gasteiger partial charge in [0.1, 0.15) is 17.9 Å². The Kier molecular flexibility index (Phi) is 5.36. The lowest BCUT2D eigenvalue weighted by molar-refractivity contribution is -0.145. The molecule has 9 nitrogen and oxygen atoms in total. The summed E-state index contributed by atoms with van der Waals surface area (Å²) in [6, 6.07) is 2.98. The molecule has 0 aliphatic carbocycles. The molecule has 1 aromatic heterocycles. The molecule has 12 heteroatoms. The zero-order chi connectivity index (χ0) is 21.3. The van der Waals surface area contributed by atoms with Crippen LogP contribution in [0.3, 0.4) is 0 Å². The van der Waals surface area contributed by atoms with Crippen molar-refractivity contribution in [3.63, 3.8) is 0 Å². The Labute approximate surface area is 162 Å². The fourth-order valence-corrected chi connectivity index (χ4v) is 3.02. The Bertz CT molecular complexity index is 952. The summed E-state index contributed by atoms with van der Waals surface area (Å²) < 4.78 is 55.4. The maximum absolute atomic E-state index is 13.5. The number of rotatable bonds is 4. The lowest BCUT2D eigenvalue weighted by Gasteiger charge is -2.18. The highest BCUT2D eigenvalue weighted by Gasteiger charge is 2.44. The quantitative estimate of drug-likeness (QED) is 0.758. The number of amides is 1. The number of carbonyl (C=O) groups is 2. The number of benzene rings is 1. The predicted molar refractivity (Wildman–Crippen MR) is 90.7 cm³/mol. The zero-order valence-electron chi connectivity index (χ0n) is 15.3. The first kappa shape index (κ1) is 20.4. The number of nitrogens with zero attached hydrogens (tertiary/aromatic N) is 3. The molecular weight excluding hydrogens is 399 g/mol. The van der Waals surface area contributed by atoms with E-state index in [2.05, 4.69) is 14.7 Å². The fourth-order valence-electron chi connectivity index (χ4n) is 3.02. The number of halogens is 3. The van der Waals surface area contributed by atoms with E-state index in [4.69, 9.17) is 9.47 Å². The summed E-state index contributed by atoms with van der Waals surface area (Å²) in [6.07, 6.45) is -7.51. The smallest absolute Gasteiger partial charge is 0.438 e. The van der Waals surface area contributed by atoms with Gasteiger partial charge >= 0.3 is 18.2 Å². The van der Waals surface area contributed by atoms with Crippen LogP contribution in [-0.2, 0) is 15.7 Å². The number of alkyl halides is 3. The van der Waals surface area contributed by atoms with E-state index in [1.807, 2.05) is 0 Å². The Morgan fingerprint density at radius 2 is 1.93 bits per heavy atom. The van der Waals surface area contributed by atoms with Crippen molar-refractivity contribution in [2.75, 3.05) is 20.8 Å². The first-order chi connectivity index (χ1) is 13.6. The molecule has 29 heavy (non-hydrogen) atoms. The number of esters is 1. The van der Waals surface area contributed by atoms with Gasteiger partial charge in [0.25, 0.3) is 0 Å². The van der Waals surface area contributed by atoms with Crippen LogP contribution in [0.15, 0.2) is 18.2 Å². The van der Waals surface area contributed by atoms with Gasteiger partial charge in [-0.25, -0.2) is 19.6 Å². The monoisotopic (exact) mass is 415 g/mol. The highest BCUT2D eigenvalue weighted by atomic mass is 19.4. The number of ether oxygens (including phenoxy) is 3. The van der Waals surface area contributed by atoms with Crippen molar-refractivity contribution in [1.29, 1.82) is 0 Å². The van der Waals surface area contributed by atoms with E-state index in [1.165, 1.54) is 25.3 Å². The van der Waals surface area contributed by atoms with Crippen molar-refractivity contribution in [1.82, 2.24) is 14.9 Å². The van der Waals surface area contributed by atoms with Crippen LogP contribution in [0.25, 0.3) is 11.0 Å². The van der Waals surface area contributed by atoms with Gasteiger partial charge in [-0.15, -0.1) is 0 Å². The summed E-state index contributed by atoms with van der Waals surface area (Å²) in [4.78, 5) is 31.4. The van der Waals surface area contributed by atoms with Crippen LogP contribution in [0.2, 0.25) is 0 Å². The van der Waals surface area contributed by atoms with Gasteiger partial charge in [-0.3, -0.25) is 4.90 Å². The molecule has 0 unspecified atom stereocenters. The van der Waals surface area contributed by atoms with Gasteiger partial charge in [0.05, 0.1) is 31.8 Å². The van der Waals surface area contributed by atoms with Crippen molar-refractivity contribution < 1.29 is 42.1 Å². The van der Waals surface area contributed by atoms with Gasteiger partial charge in [0, 0.05) is 12.5 Å². The minimum absolute atomic E-state index is 0.0171. The Balaban J connectivity index is 1.97. The van der Waals surface area contributed by atoms with Gasteiger partial charge in [-0.2, -0.15) is 13.2 Å². The highest BCUT2D eigenvalue weighted by molar-refractivity contribution is 5.81. The maximum Gasteiger partial charge on any atom is 0.438 e. The van der Waals surface area contributed by atoms with E-state index in [9.17, 15) is 27.9 Å². The molecule has 1 aromatic carbocycles. The van der Waals surface area contributed by atoms with Crippen molar-refractivity contribution >= 4 is 23.1 Å². The molecule has 2 heterocycles. The maximum atomic E-state index is 13.5. The van der Waals surface area contributed by atoms with Gasteiger partial charge < -0.3 is 19.3 Å². The van der Waals surface area contributed by atoms with E-state index >= 15 is 0 Å². The van der Waals surface area contributed by atoms with E-state index in [1.54, 1.807) is 0 Å². The largest absolute Gasteiger partial charge is 0.497 e. The average molecular weight is 415 g/mol. The standard InChI is InChI=1S/C17H16F3N3O6/c1-27-8-3-4-10-11(5-8)22-14(13(21-10)17(18,19)20)29-9-6-12(15(24)28-2)23(7-9)16(25)26/h3-5,9,12H,6-7H2,1-2H3,(H,25,26)/t9-,12+/m1/s1. The second-order valence-electron chi connectivity index (χ2n) is 6.18. The second kappa shape index (κ2) is 7.60. The number of carbonyl (C=O) groups excluding carboxylic acids is 1. The molecule has 0 bridgehead atoms. The number of likely N-dealkylation sites (tertiary alicyclic amines) is 1. The van der Waals surface area contributed by atoms with Gasteiger partial charge in [0.2, 0.25) is 11.6 Å². The lowest BCUT2D eigenvalue weighted by atomic mass is 10.2. The minimum atomic E-state index is -4.86. The first-order valence-corrected chi connectivity index (χ1v) is 8.31. The summed E-state index contributed by atoms with van der Waals surface area (Å²) in [5, 5.41) is 9.24. The SMILES string of the molecule is COC(=O)[C@@H]1C[C@@H](Oc2nc3cc(OC)ccc3nc2C(F)(F)F)CN1C(=O)O. The molecule has 2 aromatic rings. The number of methoxy groups -OCH3 is 2. The predicted octanol–water partition coefficient (Wildman–Crippen LogP) is 2.33. The van der Waals surface area contributed by atoms with Crippen molar-refractivity contribution in [2.24, 2.45) is 0 Å². The van der Waals surface area contributed by atoms with E-state index in [-0.39, 0.29) is 24.0 Å². The molecule has 2 atom stereocenters. The van der Waals surface area contributed by atoms with Crippen LogP contribution >= 0.6 is 0 Å². The fraction of sp³-hybridized carbons (Fsp3) is 0.412. The minimum Gasteiger partial charge on any atom is -0.497 e. The summed E-state index contributed by atoms with van der Waals surface area (Å²) >= 11 is 0. The first-order valence-electron chi connectivity index (χ1n) is 8.31. The second-order valence-corrected chi connectivity index (χ2v) is 6.18. The highest BCUT2D eigenvalue weighted by Crippen LogP contribution is 2.36. The molecule has 0 spiro atoms. The Morgan fingerprint density at radius 3 is 2.52 bits per heavy atom. The molecule has 156 valence electrons. The van der Waals surface area contributed by atoms with Gasteiger partial charge in [-0.05, 0) is 12.1 Å². The summed E-state index contributed by atoms with van der Waals surface area (Å²) in [5.74, 6) is -1.27. The molecule has 1 aliphatic rings. The summed E-state index contributed by atoms with van der Waals surface area (Å²) in [5.41, 5.74) is -1.26. The van der Waals surface area contributed by atoms with Crippen LogP contribution in [0.5, 0.6) is 11.6 Å². The molecule has 1 aliphatic heterocycles. The number of aromatic nitrogens is 2. The molecular formula is C17H16F3N3O6. The van der Waals surface area contributed by atoms with Crippen molar-refractivity contribution in [2.45, 2.75) is 24.7 Å². The molecule has 1 saturated heterocycles. The normalized spacial score (nSPS) is 19.3. The number of hydrogen-bond donors (Lipinski definition) is 1. The van der Waals surface area contributed by atoms with Crippen molar-refractivity contribution in [3.05, 3.63) is 23.9 Å². The average Bonchev–Trinajstić information content (AvgIpc) is 3.09. The van der Waals surface area contributed by atoms with E-state index in [0.717, 1.165) is 12.0 Å². The van der Waals surface area contributed by atoms with Crippen LogP contribution in [0, 0.1) is 0 Å². The molecule has 1 amide bonds. The Morgan fingerprint density at radius 1 is 1.21 bits per heavy atom. The molecule has 0 radical (unpaired) electrons. The molecule has 1 fully saturated rings. The molecule has 0 saturated carbocycles. The third kappa shape index (κ3) is 4.10. The third-order valence-electron chi connectivity index (χ3n) is 4.37. The van der Waals surface area contributed by atoms with Crippen molar-refractivity contribution in [3.8, 4) is 11.6 Å². The number of carboxylic acid groups (broad SMARTS) is 1. The lowest BCUT2D eigenvalue weighted by Crippen LogP contribution is -2.40. The van der Waals surface area contributed by atoms with Gasteiger partial charge in [0.15, 0.2) is 0 Å². The van der Waals surface area contributed by atoms with Crippen LogP contribution < -0.4 is 9.47 Å². The van der Waals surface area contributed by atoms with Crippen LogP contribution in [0.4, 0.5) is 18.0 Å². The summed E-state index contributed by atoms with van der Waals surface area (Å²) in [7, 11) is 2.47.